The van der Waals surface area contributed by atoms with Crippen molar-refractivity contribution in [3.05, 3.63) is 23.4 Å². The molecule has 112 valence electrons. The number of hydrogen-bond donors (Lipinski definition) is 0. The van der Waals surface area contributed by atoms with Crippen LogP contribution in [0.5, 0.6) is 0 Å². The van der Waals surface area contributed by atoms with E-state index in [0.717, 1.165) is 42.0 Å². The highest BCUT2D eigenvalue weighted by atomic mass is 35.5. The van der Waals surface area contributed by atoms with Crippen LogP contribution >= 0.6 is 23.4 Å². The number of Topliss-reactive ketones (excluding diaryl/α,β-unsaturated/α-hetero) is 1. The molecule has 0 unspecified atom stereocenters. The Kier molecular flexibility index (Phi) is 3.54. The van der Waals surface area contributed by atoms with Crippen molar-refractivity contribution >= 4 is 29.1 Å². The SMILES string of the molecule is O=C(CSc1ncccc1Cl)C12CC3CC(CC(C3)C1)C2. The predicted molar refractivity (Wildman–Crippen MR) is 85.6 cm³/mol. The molecule has 0 saturated heterocycles. The lowest BCUT2D eigenvalue weighted by Crippen LogP contribution is -2.50. The molecule has 0 amide bonds. The molecule has 0 aromatic carbocycles. The summed E-state index contributed by atoms with van der Waals surface area (Å²) in [6, 6.07) is 3.67. The van der Waals surface area contributed by atoms with Crippen molar-refractivity contribution in [3.8, 4) is 0 Å². The minimum Gasteiger partial charge on any atom is -0.298 e. The van der Waals surface area contributed by atoms with Gasteiger partial charge in [0.2, 0.25) is 0 Å². The summed E-state index contributed by atoms with van der Waals surface area (Å²) in [5.74, 6) is 3.45. The summed E-state index contributed by atoms with van der Waals surface area (Å²) in [5.41, 5.74) is 0.00298. The molecule has 4 bridgehead atoms. The average Bonchev–Trinajstić information content (AvgIpc) is 2.44. The average molecular weight is 322 g/mol. The van der Waals surface area contributed by atoms with E-state index in [0.29, 0.717) is 16.6 Å². The number of nitrogens with zero attached hydrogens (tertiary/aromatic N) is 1. The van der Waals surface area contributed by atoms with Crippen molar-refractivity contribution < 1.29 is 4.79 Å². The molecule has 1 heterocycles. The van der Waals surface area contributed by atoms with Gasteiger partial charge in [0.1, 0.15) is 10.8 Å². The highest BCUT2D eigenvalue weighted by Crippen LogP contribution is 2.60. The van der Waals surface area contributed by atoms with Crippen LogP contribution in [0.1, 0.15) is 38.5 Å². The molecule has 21 heavy (non-hydrogen) atoms. The van der Waals surface area contributed by atoms with Crippen molar-refractivity contribution in [2.75, 3.05) is 5.75 Å². The number of ketones is 1. The quantitative estimate of drug-likeness (QED) is 0.758. The van der Waals surface area contributed by atoms with Crippen LogP contribution in [0.4, 0.5) is 0 Å². The molecule has 5 rings (SSSR count). The zero-order valence-corrected chi connectivity index (χ0v) is 13.6. The van der Waals surface area contributed by atoms with Gasteiger partial charge in [-0.2, -0.15) is 0 Å². The fourth-order valence-corrected chi connectivity index (χ4v) is 6.42. The molecule has 4 fully saturated rings. The molecule has 4 saturated carbocycles. The van der Waals surface area contributed by atoms with E-state index >= 15 is 0 Å². The van der Waals surface area contributed by atoms with Gasteiger partial charge >= 0.3 is 0 Å². The molecule has 4 heteroatoms. The highest BCUT2D eigenvalue weighted by Gasteiger charge is 2.54. The monoisotopic (exact) mass is 321 g/mol. The number of carbonyl (C=O) groups excluding carboxylic acids is 1. The minimum atomic E-state index is 0.00298. The molecule has 0 N–H and O–H groups in total. The molecule has 0 aliphatic heterocycles. The van der Waals surface area contributed by atoms with E-state index in [-0.39, 0.29) is 5.41 Å². The summed E-state index contributed by atoms with van der Waals surface area (Å²) in [6.07, 6.45) is 9.32. The molecule has 1 aromatic rings. The third-order valence-electron chi connectivity index (χ3n) is 5.69. The van der Waals surface area contributed by atoms with Gasteiger partial charge in [0, 0.05) is 11.6 Å². The first-order valence-corrected chi connectivity index (χ1v) is 9.28. The van der Waals surface area contributed by atoms with E-state index in [4.69, 9.17) is 11.6 Å². The second-order valence-electron chi connectivity index (χ2n) is 7.20. The van der Waals surface area contributed by atoms with Crippen LogP contribution in [0.3, 0.4) is 0 Å². The summed E-state index contributed by atoms with van der Waals surface area (Å²) in [5, 5.41) is 1.44. The van der Waals surface area contributed by atoms with Crippen LogP contribution in [-0.4, -0.2) is 16.5 Å². The van der Waals surface area contributed by atoms with Gasteiger partial charge in [-0.15, -0.1) is 0 Å². The Morgan fingerprint density at radius 3 is 2.43 bits per heavy atom. The maximum Gasteiger partial charge on any atom is 0.149 e. The van der Waals surface area contributed by atoms with Crippen LogP contribution in [0.15, 0.2) is 23.4 Å². The van der Waals surface area contributed by atoms with Gasteiger partial charge in [-0.1, -0.05) is 23.4 Å². The van der Waals surface area contributed by atoms with Crippen LogP contribution in [0, 0.1) is 23.2 Å². The Morgan fingerprint density at radius 2 is 1.86 bits per heavy atom. The maximum absolute atomic E-state index is 12.9. The predicted octanol–water partition coefficient (Wildman–Crippen LogP) is 4.61. The molecule has 0 radical (unpaired) electrons. The third kappa shape index (κ3) is 2.53. The molecule has 4 aliphatic carbocycles. The standard InChI is InChI=1S/C17H20ClNOS/c18-14-2-1-3-19-16(14)21-10-15(20)17-7-11-4-12(8-17)6-13(5-11)9-17/h1-3,11-13H,4-10H2. The number of halogens is 1. The van der Waals surface area contributed by atoms with Crippen molar-refractivity contribution in [1.82, 2.24) is 4.98 Å². The van der Waals surface area contributed by atoms with E-state index in [9.17, 15) is 4.79 Å². The Labute approximate surface area is 135 Å². The van der Waals surface area contributed by atoms with Gasteiger partial charge in [-0.3, -0.25) is 4.79 Å². The van der Waals surface area contributed by atoms with E-state index in [1.54, 1.807) is 6.20 Å². The zero-order valence-electron chi connectivity index (χ0n) is 12.1. The Hall–Kier alpha value is -0.540. The summed E-state index contributed by atoms with van der Waals surface area (Å²) in [6.45, 7) is 0. The smallest absolute Gasteiger partial charge is 0.149 e. The van der Waals surface area contributed by atoms with Gasteiger partial charge < -0.3 is 0 Å². The van der Waals surface area contributed by atoms with Crippen molar-refractivity contribution in [2.45, 2.75) is 43.6 Å². The van der Waals surface area contributed by atoms with Crippen molar-refractivity contribution in [3.63, 3.8) is 0 Å². The molecule has 2 nitrogen and oxygen atoms in total. The van der Waals surface area contributed by atoms with E-state index in [2.05, 4.69) is 4.98 Å². The van der Waals surface area contributed by atoms with Gasteiger partial charge in [-0.25, -0.2) is 4.98 Å². The Morgan fingerprint density at radius 1 is 1.24 bits per heavy atom. The molecule has 0 spiro atoms. The Bertz CT molecular complexity index is 538. The van der Waals surface area contributed by atoms with Gasteiger partial charge in [0.05, 0.1) is 10.8 Å². The largest absolute Gasteiger partial charge is 0.298 e. The first kappa shape index (κ1) is 14.1. The van der Waals surface area contributed by atoms with E-state index in [1.807, 2.05) is 12.1 Å². The fourth-order valence-electron chi connectivity index (χ4n) is 5.22. The van der Waals surface area contributed by atoms with Crippen LogP contribution in [0.2, 0.25) is 5.02 Å². The lowest BCUT2D eigenvalue weighted by Gasteiger charge is -2.56. The Balaban J connectivity index is 1.47. The fraction of sp³-hybridized carbons (Fsp3) is 0.647. The maximum atomic E-state index is 12.9. The zero-order chi connectivity index (χ0) is 14.4. The van der Waals surface area contributed by atoms with Gasteiger partial charge in [0.25, 0.3) is 0 Å². The van der Waals surface area contributed by atoms with Crippen LogP contribution < -0.4 is 0 Å². The number of rotatable bonds is 4. The van der Waals surface area contributed by atoms with Crippen molar-refractivity contribution in [2.24, 2.45) is 23.2 Å². The lowest BCUT2D eigenvalue weighted by atomic mass is 9.48. The summed E-state index contributed by atoms with van der Waals surface area (Å²) in [4.78, 5) is 17.2. The summed E-state index contributed by atoms with van der Waals surface area (Å²) in [7, 11) is 0. The van der Waals surface area contributed by atoms with E-state index in [1.165, 1.54) is 31.0 Å². The molecule has 1 aromatic heterocycles. The third-order valence-corrected chi connectivity index (χ3v) is 7.12. The second-order valence-corrected chi connectivity index (χ2v) is 8.57. The molecular formula is C17H20ClNOS. The summed E-state index contributed by atoms with van der Waals surface area (Å²) < 4.78 is 0. The van der Waals surface area contributed by atoms with Crippen LogP contribution in [0.25, 0.3) is 0 Å². The number of hydrogen-bond acceptors (Lipinski definition) is 3. The van der Waals surface area contributed by atoms with Crippen molar-refractivity contribution in [1.29, 1.82) is 0 Å². The van der Waals surface area contributed by atoms with Gasteiger partial charge in [-0.05, 0) is 68.4 Å². The highest BCUT2D eigenvalue weighted by molar-refractivity contribution is 8.00. The number of aromatic nitrogens is 1. The van der Waals surface area contributed by atoms with E-state index < -0.39 is 0 Å². The normalized spacial score (nSPS) is 36.9. The topological polar surface area (TPSA) is 30.0 Å². The minimum absolute atomic E-state index is 0.00298. The number of pyridine rings is 1. The second kappa shape index (κ2) is 5.27. The number of thioether (sulfide) groups is 1. The first-order chi connectivity index (χ1) is 10.1. The lowest BCUT2D eigenvalue weighted by molar-refractivity contribution is -0.141. The number of carbonyl (C=O) groups is 1. The summed E-state index contributed by atoms with van der Waals surface area (Å²) >= 11 is 7.64. The molecular weight excluding hydrogens is 302 g/mol. The first-order valence-electron chi connectivity index (χ1n) is 7.91. The molecule has 4 aliphatic rings. The molecule has 0 atom stereocenters. The van der Waals surface area contributed by atoms with Gasteiger partial charge in [0.15, 0.2) is 0 Å². The van der Waals surface area contributed by atoms with Crippen LogP contribution in [-0.2, 0) is 4.79 Å².